The minimum atomic E-state index is 0.106. The lowest BCUT2D eigenvalue weighted by Gasteiger charge is -2.15. The maximum absolute atomic E-state index is 9.12. The van der Waals surface area contributed by atoms with Gasteiger partial charge in [-0.05, 0) is 26.0 Å². The molecular weight excluding hydrogens is 178 g/mol. The minimum absolute atomic E-state index is 0.106. The number of nitrogens with one attached hydrogen (secondary N) is 1. The van der Waals surface area contributed by atoms with E-state index in [1.165, 1.54) is 0 Å². The van der Waals surface area contributed by atoms with Crippen molar-refractivity contribution in [1.82, 2.24) is 15.1 Å². The van der Waals surface area contributed by atoms with Crippen LogP contribution in [-0.2, 0) is 6.54 Å². The summed E-state index contributed by atoms with van der Waals surface area (Å²) in [6, 6.07) is 2.07. The molecule has 0 aromatic carbocycles. The molecule has 0 amide bonds. The van der Waals surface area contributed by atoms with Gasteiger partial charge in [-0.2, -0.15) is 5.10 Å². The molecule has 0 spiro atoms. The highest BCUT2D eigenvalue weighted by Gasteiger charge is 2.06. The smallest absolute Gasteiger partial charge is 0.0602 e. The van der Waals surface area contributed by atoms with Gasteiger partial charge in [-0.1, -0.05) is 6.92 Å². The van der Waals surface area contributed by atoms with Crippen LogP contribution in [0, 0.1) is 6.92 Å². The van der Waals surface area contributed by atoms with Crippen molar-refractivity contribution in [3.8, 4) is 0 Å². The van der Waals surface area contributed by atoms with Crippen LogP contribution in [0.15, 0.2) is 12.3 Å². The fourth-order valence-corrected chi connectivity index (χ4v) is 1.33. The first-order chi connectivity index (χ1) is 6.76. The zero-order valence-corrected chi connectivity index (χ0v) is 8.90. The normalized spacial score (nSPS) is 13.1. The maximum Gasteiger partial charge on any atom is 0.0602 e. The van der Waals surface area contributed by atoms with Crippen LogP contribution >= 0.6 is 0 Å². The molecule has 80 valence electrons. The van der Waals surface area contributed by atoms with Crippen LogP contribution in [-0.4, -0.2) is 34.1 Å². The Morgan fingerprint density at radius 3 is 2.93 bits per heavy atom. The Hall–Kier alpha value is -0.870. The Morgan fingerprint density at radius 2 is 2.43 bits per heavy atom. The Morgan fingerprint density at radius 1 is 1.64 bits per heavy atom. The van der Waals surface area contributed by atoms with Crippen LogP contribution in [0.1, 0.15) is 19.0 Å². The molecule has 14 heavy (non-hydrogen) atoms. The Kier molecular flexibility index (Phi) is 4.62. The van der Waals surface area contributed by atoms with Gasteiger partial charge >= 0.3 is 0 Å². The van der Waals surface area contributed by atoms with Crippen molar-refractivity contribution in [3.63, 3.8) is 0 Å². The minimum Gasteiger partial charge on any atom is -0.395 e. The third kappa shape index (κ3) is 3.47. The first-order valence-electron chi connectivity index (χ1n) is 5.10. The van der Waals surface area contributed by atoms with Gasteiger partial charge in [0.1, 0.15) is 0 Å². The Bertz CT molecular complexity index is 260. The number of aromatic nitrogens is 2. The molecule has 4 nitrogen and oxygen atoms in total. The van der Waals surface area contributed by atoms with Crippen molar-refractivity contribution in [2.24, 2.45) is 0 Å². The van der Waals surface area contributed by atoms with Gasteiger partial charge in [0.15, 0.2) is 0 Å². The van der Waals surface area contributed by atoms with E-state index < -0.39 is 0 Å². The third-order valence-corrected chi connectivity index (χ3v) is 2.08. The van der Waals surface area contributed by atoms with Gasteiger partial charge in [-0.15, -0.1) is 0 Å². The molecule has 1 aromatic rings. The maximum atomic E-state index is 9.12. The molecule has 0 radical (unpaired) electrons. The summed E-state index contributed by atoms with van der Waals surface area (Å²) >= 11 is 0. The molecular formula is C10H19N3O. The van der Waals surface area contributed by atoms with Crippen LogP contribution in [0.3, 0.4) is 0 Å². The molecule has 1 unspecified atom stereocenters. The molecule has 2 N–H and O–H groups in total. The zero-order chi connectivity index (χ0) is 10.4. The van der Waals surface area contributed by atoms with E-state index in [-0.39, 0.29) is 12.6 Å². The molecule has 0 aliphatic rings. The average molecular weight is 197 g/mol. The van der Waals surface area contributed by atoms with Crippen LogP contribution in [0.25, 0.3) is 0 Å². The summed E-state index contributed by atoms with van der Waals surface area (Å²) in [5.41, 5.74) is 1.01. The summed E-state index contributed by atoms with van der Waals surface area (Å²) in [5.74, 6) is 0. The molecule has 1 rings (SSSR count). The van der Waals surface area contributed by atoms with Crippen molar-refractivity contribution in [3.05, 3.63) is 18.0 Å². The number of aryl methyl sites for hydroxylation is 1. The number of hydrogen-bond acceptors (Lipinski definition) is 3. The van der Waals surface area contributed by atoms with Gasteiger partial charge in [-0.3, -0.25) is 4.68 Å². The number of nitrogens with zero attached hydrogens (tertiary/aromatic N) is 2. The second kappa shape index (κ2) is 5.78. The molecule has 0 bridgehead atoms. The van der Waals surface area contributed by atoms with E-state index >= 15 is 0 Å². The van der Waals surface area contributed by atoms with E-state index in [1.807, 2.05) is 23.9 Å². The zero-order valence-electron chi connectivity index (χ0n) is 8.90. The van der Waals surface area contributed by atoms with Crippen LogP contribution in [0.2, 0.25) is 0 Å². The summed E-state index contributed by atoms with van der Waals surface area (Å²) in [7, 11) is 0. The fourth-order valence-electron chi connectivity index (χ4n) is 1.33. The molecule has 1 atom stereocenters. The molecule has 0 aliphatic heterocycles. The largest absolute Gasteiger partial charge is 0.395 e. The quantitative estimate of drug-likeness (QED) is 0.700. The molecule has 0 aliphatic carbocycles. The summed E-state index contributed by atoms with van der Waals surface area (Å²) < 4.78 is 1.86. The standard InChI is InChI=1S/C10H19N3O/c1-3-5-11-10(8-14)7-13-6-4-9(2)12-13/h4,6,10-11,14H,3,5,7-8H2,1-2H3. The Labute approximate surface area is 84.9 Å². The van der Waals surface area contributed by atoms with Crippen LogP contribution < -0.4 is 5.32 Å². The van der Waals surface area contributed by atoms with E-state index in [0.29, 0.717) is 0 Å². The lowest BCUT2D eigenvalue weighted by Crippen LogP contribution is -2.37. The molecule has 1 aromatic heterocycles. The summed E-state index contributed by atoms with van der Waals surface area (Å²) in [4.78, 5) is 0. The highest BCUT2D eigenvalue weighted by atomic mass is 16.3. The van der Waals surface area contributed by atoms with E-state index in [1.54, 1.807) is 0 Å². The molecule has 0 saturated heterocycles. The van der Waals surface area contributed by atoms with Crippen molar-refractivity contribution in [1.29, 1.82) is 0 Å². The highest BCUT2D eigenvalue weighted by Crippen LogP contribution is 1.95. The highest BCUT2D eigenvalue weighted by molar-refractivity contribution is 4.95. The SMILES string of the molecule is CCCNC(CO)Cn1ccc(C)n1. The van der Waals surface area contributed by atoms with Gasteiger partial charge in [0.2, 0.25) is 0 Å². The molecule has 0 saturated carbocycles. The monoisotopic (exact) mass is 197 g/mol. The number of rotatable bonds is 6. The van der Waals surface area contributed by atoms with Gasteiger partial charge in [0.05, 0.1) is 18.8 Å². The van der Waals surface area contributed by atoms with Gasteiger partial charge in [-0.25, -0.2) is 0 Å². The van der Waals surface area contributed by atoms with Crippen molar-refractivity contribution >= 4 is 0 Å². The van der Waals surface area contributed by atoms with Gasteiger partial charge < -0.3 is 10.4 Å². The number of hydrogen-bond donors (Lipinski definition) is 2. The van der Waals surface area contributed by atoms with E-state index in [4.69, 9.17) is 5.11 Å². The number of aliphatic hydroxyl groups is 1. The van der Waals surface area contributed by atoms with E-state index in [2.05, 4.69) is 17.3 Å². The van der Waals surface area contributed by atoms with Crippen molar-refractivity contribution < 1.29 is 5.11 Å². The van der Waals surface area contributed by atoms with Crippen LogP contribution in [0.5, 0.6) is 0 Å². The van der Waals surface area contributed by atoms with Gasteiger partial charge in [0, 0.05) is 12.2 Å². The molecule has 4 heteroatoms. The first-order valence-corrected chi connectivity index (χ1v) is 5.10. The predicted molar refractivity (Wildman–Crippen MR) is 56.1 cm³/mol. The second-order valence-corrected chi connectivity index (χ2v) is 3.51. The number of aliphatic hydroxyl groups excluding tert-OH is 1. The molecule has 1 heterocycles. The van der Waals surface area contributed by atoms with Crippen molar-refractivity contribution in [2.45, 2.75) is 32.9 Å². The summed E-state index contributed by atoms with van der Waals surface area (Å²) in [6.07, 6.45) is 3.01. The second-order valence-electron chi connectivity index (χ2n) is 3.51. The summed E-state index contributed by atoms with van der Waals surface area (Å²) in [6.45, 7) is 5.89. The fraction of sp³-hybridized carbons (Fsp3) is 0.700. The average Bonchev–Trinajstić information content (AvgIpc) is 2.58. The van der Waals surface area contributed by atoms with E-state index in [9.17, 15) is 0 Å². The first kappa shape index (κ1) is 11.2. The lowest BCUT2D eigenvalue weighted by atomic mass is 10.3. The lowest BCUT2D eigenvalue weighted by molar-refractivity contribution is 0.225. The topological polar surface area (TPSA) is 50.1 Å². The van der Waals surface area contributed by atoms with Crippen LogP contribution in [0.4, 0.5) is 0 Å². The summed E-state index contributed by atoms with van der Waals surface area (Å²) in [5, 5.41) is 16.7. The predicted octanol–water partition coefficient (Wildman–Crippen LogP) is 0.552. The van der Waals surface area contributed by atoms with E-state index in [0.717, 1.165) is 25.2 Å². The van der Waals surface area contributed by atoms with Gasteiger partial charge in [0.25, 0.3) is 0 Å². The Balaban J connectivity index is 2.40. The van der Waals surface area contributed by atoms with Crippen molar-refractivity contribution in [2.75, 3.05) is 13.2 Å². The molecule has 0 fully saturated rings. The third-order valence-electron chi connectivity index (χ3n) is 2.08.